The first-order chi connectivity index (χ1) is 11.4. The summed E-state index contributed by atoms with van der Waals surface area (Å²) in [6, 6.07) is 15.3. The molecule has 0 unspecified atom stereocenters. The number of hydrogen-bond acceptors (Lipinski definition) is 3. The van der Waals surface area contributed by atoms with Gasteiger partial charge in [-0.25, -0.2) is 0 Å². The van der Waals surface area contributed by atoms with Gasteiger partial charge in [-0.05, 0) is 29.2 Å². The molecule has 0 heterocycles. The highest BCUT2D eigenvalue weighted by molar-refractivity contribution is 5.72. The molecule has 0 aliphatic rings. The van der Waals surface area contributed by atoms with Gasteiger partial charge in [0, 0.05) is 5.56 Å². The maximum absolute atomic E-state index is 10.7. The fourth-order valence-corrected chi connectivity index (χ4v) is 2.38. The number of rotatable bonds is 6. The lowest BCUT2D eigenvalue weighted by molar-refractivity contribution is -0.136. The molecule has 0 radical (unpaired) electrons. The average Bonchev–Trinajstić information content (AvgIpc) is 2.56. The van der Waals surface area contributed by atoms with E-state index in [4.69, 9.17) is 15.6 Å². The van der Waals surface area contributed by atoms with E-state index in [2.05, 4.69) is 6.58 Å². The van der Waals surface area contributed by atoms with Crippen LogP contribution in [0.1, 0.15) is 18.1 Å². The van der Waals surface area contributed by atoms with Crippen LogP contribution in [0.25, 0.3) is 16.9 Å². The van der Waals surface area contributed by atoms with Crippen molar-refractivity contribution in [1.29, 1.82) is 0 Å². The second-order valence-corrected chi connectivity index (χ2v) is 5.57. The summed E-state index contributed by atoms with van der Waals surface area (Å²) in [6.07, 6.45) is 0.0292. The average molecular weight is 323 g/mol. The Morgan fingerprint density at radius 3 is 2.00 bits per heavy atom. The van der Waals surface area contributed by atoms with Gasteiger partial charge < -0.3 is 15.6 Å². The van der Waals surface area contributed by atoms with Crippen LogP contribution in [0.2, 0.25) is 0 Å². The zero-order chi connectivity index (χ0) is 17.7. The second kappa shape index (κ2) is 7.51. The SMILES string of the molecule is C=C(C)/C(N)=C(\OC)c1ccc(-c2ccc(CC(=O)O)cc2)cc1. The first-order valence-corrected chi connectivity index (χ1v) is 7.53. The standard InChI is InChI=1S/C20H21NO3/c1-13(2)19(21)20(24-3)17-10-8-16(9-11-17)15-6-4-14(5-7-15)12-18(22)23/h4-11H,1,12,21H2,2-3H3,(H,22,23)/b20-19+. The van der Waals surface area contributed by atoms with Crippen molar-refractivity contribution >= 4 is 11.7 Å². The molecular weight excluding hydrogens is 302 g/mol. The predicted molar refractivity (Wildman–Crippen MR) is 96.1 cm³/mol. The van der Waals surface area contributed by atoms with E-state index in [9.17, 15) is 4.79 Å². The van der Waals surface area contributed by atoms with Crippen molar-refractivity contribution in [2.75, 3.05) is 7.11 Å². The van der Waals surface area contributed by atoms with Gasteiger partial charge in [0.1, 0.15) is 5.76 Å². The molecule has 0 bridgehead atoms. The smallest absolute Gasteiger partial charge is 0.307 e. The van der Waals surface area contributed by atoms with E-state index < -0.39 is 5.97 Å². The van der Waals surface area contributed by atoms with Crippen molar-refractivity contribution in [2.24, 2.45) is 5.73 Å². The maximum Gasteiger partial charge on any atom is 0.307 e. The molecule has 0 atom stereocenters. The number of carbonyl (C=O) groups is 1. The molecule has 0 aliphatic carbocycles. The molecule has 0 amide bonds. The molecule has 3 N–H and O–H groups in total. The number of aliphatic carboxylic acids is 1. The van der Waals surface area contributed by atoms with Gasteiger partial charge in [-0.15, -0.1) is 0 Å². The first-order valence-electron chi connectivity index (χ1n) is 7.53. The van der Waals surface area contributed by atoms with Gasteiger partial charge >= 0.3 is 5.97 Å². The van der Waals surface area contributed by atoms with Crippen LogP contribution in [0.5, 0.6) is 0 Å². The normalized spacial score (nSPS) is 11.6. The van der Waals surface area contributed by atoms with Crippen molar-refractivity contribution < 1.29 is 14.6 Å². The number of hydrogen-bond donors (Lipinski definition) is 2. The highest BCUT2D eigenvalue weighted by Crippen LogP contribution is 2.25. The van der Waals surface area contributed by atoms with E-state index in [1.54, 1.807) is 7.11 Å². The van der Waals surface area contributed by atoms with E-state index in [1.165, 1.54) is 0 Å². The molecule has 4 heteroatoms. The molecule has 0 aromatic heterocycles. The maximum atomic E-state index is 10.7. The summed E-state index contributed by atoms with van der Waals surface area (Å²) in [5, 5.41) is 8.81. The van der Waals surface area contributed by atoms with Gasteiger partial charge in [-0.3, -0.25) is 4.79 Å². The zero-order valence-electron chi connectivity index (χ0n) is 13.9. The van der Waals surface area contributed by atoms with Gasteiger partial charge in [-0.1, -0.05) is 55.1 Å². The van der Waals surface area contributed by atoms with Crippen molar-refractivity contribution in [2.45, 2.75) is 13.3 Å². The Morgan fingerprint density at radius 2 is 1.58 bits per heavy atom. The number of allylic oxidation sites excluding steroid dienone is 1. The van der Waals surface area contributed by atoms with Gasteiger partial charge in [0.15, 0.2) is 0 Å². The fourth-order valence-electron chi connectivity index (χ4n) is 2.38. The Labute approximate surface area is 141 Å². The Morgan fingerprint density at radius 1 is 1.08 bits per heavy atom. The lowest BCUT2D eigenvalue weighted by atomic mass is 10.0. The summed E-state index contributed by atoms with van der Waals surface area (Å²) in [4.78, 5) is 10.7. The molecule has 24 heavy (non-hydrogen) atoms. The minimum atomic E-state index is -0.832. The summed E-state index contributed by atoms with van der Waals surface area (Å²) < 4.78 is 5.40. The van der Waals surface area contributed by atoms with E-state index >= 15 is 0 Å². The topological polar surface area (TPSA) is 72.5 Å². The number of ether oxygens (including phenoxy) is 1. The Bertz CT molecular complexity index is 772. The summed E-state index contributed by atoms with van der Waals surface area (Å²) in [6.45, 7) is 5.67. The van der Waals surface area contributed by atoms with Crippen LogP contribution in [-0.2, 0) is 16.0 Å². The lowest BCUT2D eigenvalue weighted by Crippen LogP contribution is -2.04. The second-order valence-electron chi connectivity index (χ2n) is 5.57. The van der Waals surface area contributed by atoms with Crippen LogP contribution >= 0.6 is 0 Å². The molecule has 0 fully saturated rings. The van der Waals surface area contributed by atoms with Crippen LogP contribution in [0.15, 0.2) is 66.4 Å². The monoisotopic (exact) mass is 323 g/mol. The number of carboxylic acids is 1. The first kappa shape index (κ1) is 17.3. The Hall–Kier alpha value is -3.01. The zero-order valence-corrected chi connectivity index (χ0v) is 13.9. The molecule has 0 spiro atoms. The van der Waals surface area contributed by atoms with Crippen LogP contribution in [0, 0.1) is 0 Å². The third-order valence-corrected chi connectivity index (χ3v) is 3.70. The van der Waals surface area contributed by atoms with Crippen LogP contribution in [-0.4, -0.2) is 18.2 Å². The number of benzene rings is 2. The predicted octanol–water partition coefficient (Wildman–Crippen LogP) is 3.83. The summed E-state index contributed by atoms with van der Waals surface area (Å²) in [5.41, 5.74) is 11.0. The van der Waals surface area contributed by atoms with Crippen molar-refractivity contribution in [3.8, 4) is 11.1 Å². The van der Waals surface area contributed by atoms with Gasteiger partial charge in [0.25, 0.3) is 0 Å². The lowest BCUT2D eigenvalue weighted by Gasteiger charge is -2.12. The van der Waals surface area contributed by atoms with E-state index in [0.717, 1.165) is 27.8 Å². The highest BCUT2D eigenvalue weighted by atomic mass is 16.5. The summed E-state index contributed by atoms with van der Waals surface area (Å²) in [7, 11) is 1.58. The Kier molecular flexibility index (Phi) is 5.42. The van der Waals surface area contributed by atoms with Gasteiger partial charge in [-0.2, -0.15) is 0 Å². The number of methoxy groups -OCH3 is 1. The molecule has 0 aliphatic heterocycles. The minimum absolute atomic E-state index is 0.0292. The number of carboxylic acid groups (broad SMARTS) is 1. The van der Waals surface area contributed by atoms with Crippen molar-refractivity contribution in [3.63, 3.8) is 0 Å². The van der Waals surface area contributed by atoms with E-state index in [-0.39, 0.29) is 6.42 Å². The van der Waals surface area contributed by atoms with Crippen LogP contribution in [0.4, 0.5) is 0 Å². The summed E-state index contributed by atoms with van der Waals surface area (Å²) >= 11 is 0. The largest absolute Gasteiger partial charge is 0.494 e. The third-order valence-electron chi connectivity index (χ3n) is 3.70. The molecule has 124 valence electrons. The van der Waals surface area contributed by atoms with Crippen LogP contribution < -0.4 is 5.73 Å². The molecule has 4 nitrogen and oxygen atoms in total. The molecule has 0 saturated carbocycles. The summed E-state index contributed by atoms with van der Waals surface area (Å²) in [5.74, 6) is -0.230. The van der Waals surface area contributed by atoms with Crippen molar-refractivity contribution in [1.82, 2.24) is 0 Å². The Balaban J connectivity index is 2.27. The van der Waals surface area contributed by atoms with E-state index in [1.807, 2.05) is 55.5 Å². The molecule has 0 saturated heterocycles. The van der Waals surface area contributed by atoms with Gasteiger partial charge in [0.2, 0.25) is 0 Å². The van der Waals surface area contributed by atoms with E-state index in [0.29, 0.717) is 11.5 Å². The third kappa shape index (κ3) is 4.04. The molecule has 2 aromatic carbocycles. The highest BCUT2D eigenvalue weighted by Gasteiger charge is 2.08. The fraction of sp³-hybridized carbons (Fsp3) is 0.150. The molecule has 2 rings (SSSR count). The van der Waals surface area contributed by atoms with Gasteiger partial charge in [0.05, 0.1) is 19.2 Å². The quantitative estimate of drug-likeness (QED) is 0.626. The van der Waals surface area contributed by atoms with Crippen molar-refractivity contribution in [3.05, 3.63) is 77.5 Å². The molecule has 2 aromatic rings. The minimum Gasteiger partial charge on any atom is -0.494 e. The number of nitrogens with two attached hydrogens (primary N) is 1. The molecular formula is C20H21NO3. The van der Waals surface area contributed by atoms with Crippen LogP contribution in [0.3, 0.4) is 0 Å².